The summed E-state index contributed by atoms with van der Waals surface area (Å²) in [6.07, 6.45) is 11.8. The number of aromatic nitrogens is 2. The van der Waals surface area contributed by atoms with E-state index in [4.69, 9.17) is 11.2 Å². The number of carbonyl (C=O) groups is 1. The third-order valence-corrected chi connectivity index (χ3v) is 3.36. The molecule has 1 aromatic heterocycles. The van der Waals surface area contributed by atoms with Crippen molar-refractivity contribution in [2.75, 3.05) is 14.2 Å². The number of phenolic OH excluding ortho intramolecular Hbond substituents is 1. The molecule has 1 amide bonds. The molecule has 0 bridgehead atoms. The average Bonchev–Trinajstić information content (AvgIpc) is 3.00. The smallest absolute Gasteiger partial charge is 0.246 e. The molecule has 0 aliphatic rings. The van der Waals surface area contributed by atoms with Crippen molar-refractivity contribution in [1.29, 1.82) is 0 Å². The number of nitrogens with zero attached hydrogens (tertiary/aromatic N) is 3. The third kappa shape index (κ3) is 4.40. The first kappa shape index (κ1) is 17.2. The lowest BCUT2D eigenvalue weighted by atomic mass is 10.2. The zero-order valence-electron chi connectivity index (χ0n) is 13.6. The highest BCUT2D eigenvalue weighted by Gasteiger charge is 2.08. The highest BCUT2D eigenvalue weighted by atomic mass is 16.5. The van der Waals surface area contributed by atoms with Crippen LogP contribution in [-0.4, -0.2) is 39.9 Å². The summed E-state index contributed by atoms with van der Waals surface area (Å²) in [5, 5.41) is 13.8. The first-order valence-corrected chi connectivity index (χ1v) is 7.28. The molecule has 0 atom stereocenters. The number of amides is 1. The number of terminal acetylenes is 1. The van der Waals surface area contributed by atoms with E-state index in [0.29, 0.717) is 24.4 Å². The Morgan fingerprint density at radius 2 is 2.33 bits per heavy atom. The fourth-order valence-electron chi connectivity index (χ4n) is 2.13. The molecule has 24 heavy (non-hydrogen) atoms. The van der Waals surface area contributed by atoms with Gasteiger partial charge in [-0.1, -0.05) is 12.0 Å². The predicted octanol–water partition coefficient (Wildman–Crippen LogP) is 1.90. The number of hydrogen-bond donors (Lipinski definition) is 1. The number of phenols is 1. The van der Waals surface area contributed by atoms with Gasteiger partial charge in [-0.05, 0) is 23.8 Å². The van der Waals surface area contributed by atoms with E-state index in [0.717, 1.165) is 5.56 Å². The van der Waals surface area contributed by atoms with Crippen LogP contribution >= 0.6 is 0 Å². The Morgan fingerprint density at radius 3 is 3.00 bits per heavy atom. The van der Waals surface area contributed by atoms with Gasteiger partial charge in [-0.15, -0.1) is 6.42 Å². The van der Waals surface area contributed by atoms with Crippen molar-refractivity contribution in [2.24, 2.45) is 0 Å². The molecule has 0 unspecified atom stereocenters. The average molecular weight is 325 g/mol. The van der Waals surface area contributed by atoms with Crippen LogP contribution in [0.3, 0.4) is 0 Å². The highest BCUT2D eigenvalue weighted by Crippen LogP contribution is 2.26. The lowest BCUT2D eigenvalue weighted by Gasteiger charge is -2.13. The maximum absolute atomic E-state index is 12.2. The zero-order chi connectivity index (χ0) is 17.5. The summed E-state index contributed by atoms with van der Waals surface area (Å²) in [6.45, 7) is 0.833. The molecule has 0 spiro atoms. The van der Waals surface area contributed by atoms with Crippen LogP contribution in [-0.2, 0) is 17.9 Å². The number of aromatic hydroxyl groups is 1. The number of ether oxygens (including phenoxy) is 1. The van der Waals surface area contributed by atoms with Gasteiger partial charge in [-0.25, -0.2) is 0 Å². The van der Waals surface area contributed by atoms with Gasteiger partial charge in [0.05, 0.1) is 13.3 Å². The second-order valence-corrected chi connectivity index (χ2v) is 5.21. The van der Waals surface area contributed by atoms with Gasteiger partial charge in [0.1, 0.15) is 6.54 Å². The second-order valence-electron chi connectivity index (χ2n) is 5.21. The Kier molecular flexibility index (Phi) is 5.63. The number of benzene rings is 1. The van der Waals surface area contributed by atoms with Crippen molar-refractivity contribution in [3.63, 3.8) is 0 Å². The van der Waals surface area contributed by atoms with Crippen LogP contribution in [0.4, 0.5) is 0 Å². The van der Waals surface area contributed by atoms with Gasteiger partial charge in [0.2, 0.25) is 5.91 Å². The summed E-state index contributed by atoms with van der Waals surface area (Å²) in [4.78, 5) is 13.7. The van der Waals surface area contributed by atoms with Gasteiger partial charge in [-0.2, -0.15) is 5.10 Å². The summed E-state index contributed by atoms with van der Waals surface area (Å²) >= 11 is 0. The quantitative estimate of drug-likeness (QED) is 0.651. The van der Waals surface area contributed by atoms with Crippen LogP contribution in [0.1, 0.15) is 11.1 Å². The second kappa shape index (κ2) is 7.88. The number of carbonyl (C=O) groups excluding carboxylic acids is 1. The minimum Gasteiger partial charge on any atom is -0.504 e. The van der Waals surface area contributed by atoms with Crippen LogP contribution in [0, 0.1) is 12.3 Å². The summed E-state index contributed by atoms with van der Waals surface area (Å²) in [6, 6.07) is 4.93. The Morgan fingerprint density at radius 1 is 1.54 bits per heavy atom. The molecule has 0 fully saturated rings. The van der Waals surface area contributed by atoms with E-state index in [1.54, 1.807) is 41.0 Å². The highest BCUT2D eigenvalue weighted by molar-refractivity contribution is 5.91. The Bertz CT molecular complexity index is 787. The molecule has 0 saturated heterocycles. The predicted molar refractivity (Wildman–Crippen MR) is 91.2 cm³/mol. The SMILES string of the molecule is C#CCn1cc(CN(C)C(=O)/C=C/c2ccc(OC)c(O)c2)cn1. The maximum Gasteiger partial charge on any atom is 0.246 e. The van der Waals surface area contributed by atoms with E-state index in [2.05, 4.69) is 11.0 Å². The van der Waals surface area contributed by atoms with Crippen LogP contribution in [0.2, 0.25) is 0 Å². The zero-order valence-corrected chi connectivity index (χ0v) is 13.6. The van der Waals surface area contributed by atoms with E-state index in [1.165, 1.54) is 19.3 Å². The van der Waals surface area contributed by atoms with Gasteiger partial charge in [0.15, 0.2) is 11.5 Å². The molecule has 0 saturated carbocycles. The third-order valence-electron chi connectivity index (χ3n) is 3.36. The minimum atomic E-state index is -0.157. The van der Waals surface area contributed by atoms with Crippen LogP contribution in [0.25, 0.3) is 6.08 Å². The van der Waals surface area contributed by atoms with Crippen molar-refractivity contribution in [3.05, 3.63) is 47.8 Å². The number of methoxy groups -OCH3 is 1. The van der Waals surface area contributed by atoms with E-state index >= 15 is 0 Å². The molecular weight excluding hydrogens is 306 g/mol. The van der Waals surface area contributed by atoms with E-state index in [-0.39, 0.29) is 11.7 Å². The normalized spacial score (nSPS) is 10.5. The molecule has 124 valence electrons. The Labute approximate surface area is 141 Å². The monoisotopic (exact) mass is 325 g/mol. The molecule has 0 aliphatic heterocycles. The lowest BCUT2D eigenvalue weighted by Crippen LogP contribution is -2.23. The first-order chi connectivity index (χ1) is 11.5. The molecule has 0 radical (unpaired) electrons. The number of likely N-dealkylation sites (N-methyl/N-ethyl adjacent to an activating group) is 1. The van der Waals surface area contributed by atoms with E-state index in [9.17, 15) is 9.90 Å². The molecule has 6 nitrogen and oxygen atoms in total. The molecule has 0 aliphatic carbocycles. The fraction of sp³-hybridized carbons (Fsp3) is 0.222. The van der Waals surface area contributed by atoms with Crippen molar-refractivity contribution in [3.8, 4) is 23.8 Å². The van der Waals surface area contributed by atoms with Crippen LogP contribution in [0.5, 0.6) is 11.5 Å². The minimum absolute atomic E-state index is 0.0291. The maximum atomic E-state index is 12.2. The molecule has 1 aromatic carbocycles. The lowest BCUT2D eigenvalue weighted by molar-refractivity contribution is -0.125. The van der Waals surface area contributed by atoms with Crippen molar-refractivity contribution in [1.82, 2.24) is 14.7 Å². The topological polar surface area (TPSA) is 67.6 Å². The summed E-state index contributed by atoms with van der Waals surface area (Å²) in [5.41, 5.74) is 1.61. The molecular formula is C18H19N3O3. The Hall–Kier alpha value is -3.20. The van der Waals surface area contributed by atoms with Crippen molar-refractivity contribution >= 4 is 12.0 Å². The van der Waals surface area contributed by atoms with Gasteiger partial charge >= 0.3 is 0 Å². The molecule has 2 aromatic rings. The van der Waals surface area contributed by atoms with Gasteiger partial charge in [-0.3, -0.25) is 9.48 Å². The fourth-order valence-corrected chi connectivity index (χ4v) is 2.13. The number of rotatable bonds is 6. The summed E-state index contributed by atoms with van der Waals surface area (Å²) < 4.78 is 6.62. The van der Waals surface area contributed by atoms with Gasteiger partial charge in [0.25, 0.3) is 0 Å². The molecule has 1 heterocycles. The van der Waals surface area contributed by atoms with Crippen LogP contribution in [0.15, 0.2) is 36.7 Å². The molecule has 6 heteroatoms. The van der Waals surface area contributed by atoms with Crippen LogP contribution < -0.4 is 4.74 Å². The summed E-state index contributed by atoms with van der Waals surface area (Å²) in [5.74, 6) is 2.76. The van der Waals surface area contributed by atoms with E-state index in [1.807, 2.05) is 6.20 Å². The summed E-state index contributed by atoms with van der Waals surface area (Å²) in [7, 11) is 3.19. The number of hydrogen-bond acceptors (Lipinski definition) is 4. The molecule has 2 rings (SSSR count). The Balaban J connectivity index is 1.97. The largest absolute Gasteiger partial charge is 0.504 e. The van der Waals surface area contributed by atoms with E-state index < -0.39 is 0 Å². The van der Waals surface area contributed by atoms with Gasteiger partial charge in [0, 0.05) is 31.4 Å². The van der Waals surface area contributed by atoms with Crippen molar-refractivity contribution in [2.45, 2.75) is 13.1 Å². The van der Waals surface area contributed by atoms with Gasteiger partial charge < -0.3 is 14.7 Å². The first-order valence-electron chi connectivity index (χ1n) is 7.28. The molecule has 1 N–H and O–H groups in total. The standard InChI is InChI=1S/C18H19N3O3/c1-4-9-21-13-15(11-19-21)12-20(2)18(23)8-6-14-5-7-17(24-3)16(22)10-14/h1,5-8,10-11,13,22H,9,12H2,2-3H3/b8-6+. The van der Waals surface area contributed by atoms with Crippen molar-refractivity contribution < 1.29 is 14.6 Å².